The van der Waals surface area contributed by atoms with Gasteiger partial charge in [-0.1, -0.05) is 33.8 Å². The molecule has 0 aliphatic carbocycles. The third-order valence-corrected chi connectivity index (χ3v) is 4.99. The third kappa shape index (κ3) is 4.39. The van der Waals surface area contributed by atoms with Crippen molar-refractivity contribution in [3.63, 3.8) is 0 Å². The van der Waals surface area contributed by atoms with E-state index < -0.39 is 11.7 Å². The fraction of sp³-hybridized carbons (Fsp3) is 0.111. The molecule has 0 bridgehead atoms. The zero-order valence-electron chi connectivity index (χ0n) is 14.3. The minimum atomic E-state index is -0.731. The summed E-state index contributed by atoms with van der Waals surface area (Å²) in [5.41, 5.74) is 0.929. The molecule has 0 aliphatic rings. The van der Waals surface area contributed by atoms with Crippen molar-refractivity contribution >= 4 is 40.6 Å². The maximum absolute atomic E-state index is 14.9. The molecule has 0 unspecified atom stereocenters. The van der Waals surface area contributed by atoms with Gasteiger partial charge in [0.25, 0.3) is 5.91 Å². The predicted molar refractivity (Wildman–Crippen MR) is 103 cm³/mol. The van der Waals surface area contributed by atoms with Crippen molar-refractivity contribution in [2.24, 2.45) is 0 Å². The zero-order valence-corrected chi connectivity index (χ0v) is 16.6. The highest BCUT2D eigenvalue weighted by Gasteiger charge is 2.18. The van der Waals surface area contributed by atoms with E-state index in [1.165, 1.54) is 30.3 Å². The lowest BCUT2D eigenvalue weighted by molar-refractivity contribution is 0.0954. The fourth-order valence-electron chi connectivity index (χ4n) is 2.30. The van der Waals surface area contributed by atoms with Crippen molar-refractivity contribution in [1.82, 2.24) is 14.9 Å². The SMILES string of the molecule is Cc1nnsc1C(=O)NCc1ccc(Cl)c(Oc2cc(Cl)cc(C#N)c2)c1F. The quantitative estimate of drug-likeness (QED) is 0.614. The Kier molecular flexibility index (Phi) is 6.09. The molecule has 28 heavy (non-hydrogen) atoms. The third-order valence-electron chi connectivity index (χ3n) is 3.65. The molecule has 1 amide bonds. The number of hydrogen-bond acceptors (Lipinski definition) is 6. The van der Waals surface area contributed by atoms with E-state index in [0.717, 1.165) is 11.5 Å². The van der Waals surface area contributed by atoms with Crippen LogP contribution in [0.15, 0.2) is 30.3 Å². The van der Waals surface area contributed by atoms with E-state index in [1.54, 1.807) is 6.92 Å². The van der Waals surface area contributed by atoms with E-state index >= 15 is 0 Å². The molecule has 3 rings (SSSR count). The van der Waals surface area contributed by atoms with E-state index in [9.17, 15) is 9.18 Å². The lowest BCUT2D eigenvalue weighted by atomic mass is 10.2. The molecule has 0 saturated heterocycles. The molecule has 0 aliphatic heterocycles. The predicted octanol–water partition coefficient (Wildman–Crippen LogP) is 4.89. The Morgan fingerprint density at radius 2 is 2.14 bits per heavy atom. The van der Waals surface area contributed by atoms with Gasteiger partial charge in [0.15, 0.2) is 11.6 Å². The molecular formula is C18H11Cl2FN4O2S. The zero-order chi connectivity index (χ0) is 20.3. The number of nitriles is 1. The fourth-order valence-corrected chi connectivity index (χ4v) is 3.29. The average molecular weight is 437 g/mol. The first-order valence-electron chi connectivity index (χ1n) is 7.81. The minimum absolute atomic E-state index is 0.0357. The molecule has 6 nitrogen and oxygen atoms in total. The summed E-state index contributed by atoms with van der Waals surface area (Å²) < 4.78 is 24.1. The Bertz CT molecular complexity index is 1100. The van der Waals surface area contributed by atoms with Gasteiger partial charge in [0.05, 0.1) is 22.3 Å². The number of nitrogens with one attached hydrogen (secondary N) is 1. The van der Waals surface area contributed by atoms with Gasteiger partial charge in [-0.15, -0.1) is 5.10 Å². The first kappa shape index (κ1) is 20.0. The summed E-state index contributed by atoms with van der Waals surface area (Å²) in [6.45, 7) is 1.57. The Morgan fingerprint density at radius 3 is 2.82 bits per heavy atom. The Labute approximate surface area is 173 Å². The highest BCUT2D eigenvalue weighted by atomic mass is 35.5. The number of hydrogen-bond donors (Lipinski definition) is 1. The molecule has 2 aromatic carbocycles. The number of amides is 1. The number of halogens is 3. The molecule has 0 spiro atoms. The summed E-state index contributed by atoms with van der Waals surface area (Å²) in [6.07, 6.45) is 0. The second-order valence-electron chi connectivity index (χ2n) is 5.61. The molecule has 0 fully saturated rings. The topological polar surface area (TPSA) is 87.9 Å². The van der Waals surface area contributed by atoms with Crippen LogP contribution in [0.4, 0.5) is 4.39 Å². The van der Waals surface area contributed by atoms with Crippen LogP contribution in [0.1, 0.15) is 26.5 Å². The summed E-state index contributed by atoms with van der Waals surface area (Å²) in [5, 5.41) is 15.7. The van der Waals surface area contributed by atoms with Gasteiger partial charge >= 0.3 is 0 Å². The molecule has 1 aromatic heterocycles. The second kappa shape index (κ2) is 8.52. The number of ether oxygens (including phenoxy) is 1. The van der Waals surface area contributed by atoms with Crippen molar-refractivity contribution in [3.05, 3.63) is 67.9 Å². The molecule has 1 heterocycles. The monoisotopic (exact) mass is 436 g/mol. The van der Waals surface area contributed by atoms with Crippen molar-refractivity contribution in [2.45, 2.75) is 13.5 Å². The normalized spacial score (nSPS) is 10.4. The molecule has 0 radical (unpaired) electrons. The van der Waals surface area contributed by atoms with Gasteiger partial charge in [-0.3, -0.25) is 4.79 Å². The van der Waals surface area contributed by atoms with Crippen LogP contribution in [0.3, 0.4) is 0 Å². The highest BCUT2D eigenvalue weighted by Crippen LogP contribution is 2.35. The summed E-state index contributed by atoms with van der Waals surface area (Å²) >= 11 is 13.0. The number of aryl methyl sites for hydroxylation is 1. The molecule has 0 atom stereocenters. The molecule has 142 valence electrons. The molecule has 10 heteroatoms. The van der Waals surface area contributed by atoms with Crippen molar-refractivity contribution in [2.75, 3.05) is 0 Å². The maximum Gasteiger partial charge on any atom is 0.265 e. The van der Waals surface area contributed by atoms with E-state index in [2.05, 4.69) is 14.9 Å². The first-order valence-corrected chi connectivity index (χ1v) is 9.34. The lowest BCUT2D eigenvalue weighted by Crippen LogP contribution is -2.23. The molecular weight excluding hydrogens is 426 g/mol. The van der Waals surface area contributed by atoms with Gasteiger partial charge in [0.2, 0.25) is 0 Å². The van der Waals surface area contributed by atoms with Crippen LogP contribution in [0, 0.1) is 24.1 Å². The summed E-state index contributed by atoms with van der Waals surface area (Å²) in [6, 6.07) is 9.14. The van der Waals surface area contributed by atoms with Crippen molar-refractivity contribution in [3.8, 4) is 17.6 Å². The van der Waals surface area contributed by atoms with Crippen LogP contribution in [0.5, 0.6) is 11.5 Å². The van der Waals surface area contributed by atoms with E-state index in [-0.39, 0.29) is 39.2 Å². The lowest BCUT2D eigenvalue weighted by Gasteiger charge is -2.13. The Balaban J connectivity index is 1.82. The summed E-state index contributed by atoms with van der Waals surface area (Å²) in [4.78, 5) is 12.5. The van der Waals surface area contributed by atoms with Crippen molar-refractivity contribution < 1.29 is 13.9 Å². The van der Waals surface area contributed by atoms with Crippen LogP contribution in [0.2, 0.25) is 10.0 Å². The van der Waals surface area contributed by atoms with Gasteiger partial charge in [-0.25, -0.2) is 4.39 Å². The number of carbonyl (C=O) groups is 1. The van der Waals surface area contributed by atoms with Crippen LogP contribution in [-0.2, 0) is 6.54 Å². The minimum Gasteiger partial charge on any atom is -0.453 e. The average Bonchev–Trinajstić information content (AvgIpc) is 3.09. The first-order chi connectivity index (χ1) is 13.4. The standard InChI is InChI=1S/C18H11Cl2FN4O2S/c1-9-17(28-25-24-9)18(26)23-8-11-2-3-14(20)16(15(11)21)27-13-5-10(7-22)4-12(19)6-13/h2-6H,8H2,1H3,(H,23,26). The van der Waals surface area contributed by atoms with E-state index in [1.807, 2.05) is 6.07 Å². The Hall–Kier alpha value is -2.73. The second-order valence-corrected chi connectivity index (χ2v) is 7.21. The number of rotatable bonds is 5. The molecule has 0 saturated carbocycles. The van der Waals surface area contributed by atoms with Crippen LogP contribution < -0.4 is 10.1 Å². The maximum atomic E-state index is 14.9. The number of carbonyl (C=O) groups excluding carboxylic acids is 1. The smallest absolute Gasteiger partial charge is 0.265 e. The summed E-state index contributed by atoms with van der Waals surface area (Å²) in [7, 11) is 0. The van der Waals surface area contributed by atoms with Gasteiger partial charge in [0, 0.05) is 17.1 Å². The van der Waals surface area contributed by atoms with Crippen LogP contribution in [-0.4, -0.2) is 15.5 Å². The van der Waals surface area contributed by atoms with E-state index in [4.69, 9.17) is 33.2 Å². The molecule has 3 aromatic rings. The summed E-state index contributed by atoms with van der Waals surface area (Å²) in [5.74, 6) is -1.20. The Morgan fingerprint density at radius 1 is 1.36 bits per heavy atom. The van der Waals surface area contributed by atoms with Crippen molar-refractivity contribution in [1.29, 1.82) is 5.26 Å². The molecule has 1 N–H and O–H groups in total. The largest absolute Gasteiger partial charge is 0.453 e. The highest BCUT2D eigenvalue weighted by molar-refractivity contribution is 7.08. The van der Waals surface area contributed by atoms with Crippen LogP contribution >= 0.6 is 34.7 Å². The van der Waals surface area contributed by atoms with E-state index in [0.29, 0.717) is 10.6 Å². The number of nitrogens with zero attached hydrogens (tertiary/aromatic N) is 3. The van der Waals surface area contributed by atoms with Crippen LogP contribution in [0.25, 0.3) is 0 Å². The van der Waals surface area contributed by atoms with Gasteiger partial charge < -0.3 is 10.1 Å². The van der Waals surface area contributed by atoms with Gasteiger partial charge in [-0.05, 0) is 42.7 Å². The van der Waals surface area contributed by atoms with Gasteiger partial charge in [-0.2, -0.15) is 5.26 Å². The number of aromatic nitrogens is 2. The van der Waals surface area contributed by atoms with Gasteiger partial charge in [0.1, 0.15) is 10.6 Å². The number of benzene rings is 2.